The molecule has 0 saturated heterocycles. The van der Waals surface area contributed by atoms with Gasteiger partial charge < -0.3 is 18.9 Å². The van der Waals surface area contributed by atoms with Gasteiger partial charge in [0.2, 0.25) is 0 Å². The minimum atomic E-state index is -4.26. The van der Waals surface area contributed by atoms with Gasteiger partial charge in [-0.1, -0.05) is 153 Å². The maximum absolute atomic E-state index is 12.6. The summed E-state index contributed by atoms with van der Waals surface area (Å²) in [6.45, 7) is 5.57. The third-order valence-corrected chi connectivity index (χ3v) is 9.94. The first kappa shape index (κ1) is 50.7. The topological polar surface area (TPSA) is 91.3 Å². The fraction of sp³-hybridized carbons (Fsp3) is 0.837. The standard InChI is InChI=1S/C43H82NO7P/c1-6-8-10-12-14-15-16-17-18-19-20-21-22-23-24-25-26-27-28-29-30-32-34-36-43(45)51-42(40-48-38-35-33-31-13-11-9-7-2)41-50-52(46,47)49-39-37-44(3,4)5/h16-17,19-20,22-23,42H,6-15,18,21,24-41H2,1-5H3/p+1/b17-16-,20-19-,23-22-. The minimum Gasteiger partial charge on any atom is -0.457 e. The lowest BCUT2D eigenvalue weighted by Crippen LogP contribution is -2.37. The van der Waals surface area contributed by atoms with Crippen molar-refractivity contribution in [3.8, 4) is 0 Å². The third-order valence-electron chi connectivity index (χ3n) is 8.95. The number of allylic oxidation sites excluding steroid dienone is 6. The van der Waals surface area contributed by atoms with Gasteiger partial charge in [0.1, 0.15) is 19.3 Å². The average molecular weight is 757 g/mol. The molecule has 0 aliphatic rings. The van der Waals surface area contributed by atoms with Gasteiger partial charge in [-0.2, -0.15) is 0 Å². The summed E-state index contributed by atoms with van der Waals surface area (Å²) in [5, 5.41) is 0. The SMILES string of the molecule is CCCCCCC/C=C\C/C=C\C/C=C\CCCCCCCCCCC(=O)OC(COCCCCCCCCC)COP(=O)(O)OCC[N+](C)(C)C. The normalized spacial score (nSPS) is 14.2. The van der Waals surface area contributed by atoms with Crippen LogP contribution in [0.25, 0.3) is 0 Å². The van der Waals surface area contributed by atoms with Crippen molar-refractivity contribution in [1.29, 1.82) is 0 Å². The summed E-state index contributed by atoms with van der Waals surface area (Å²) >= 11 is 0. The van der Waals surface area contributed by atoms with Gasteiger partial charge in [0.05, 0.1) is 34.4 Å². The van der Waals surface area contributed by atoms with Crippen LogP contribution in [0, 0.1) is 0 Å². The number of carbonyl (C=O) groups excluding carboxylic acids is 1. The lowest BCUT2D eigenvalue weighted by molar-refractivity contribution is -0.870. The number of rotatable bonds is 39. The predicted octanol–water partition coefficient (Wildman–Crippen LogP) is 12.2. The molecule has 306 valence electrons. The molecule has 8 nitrogen and oxygen atoms in total. The molecule has 0 bridgehead atoms. The Morgan fingerprint density at radius 3 is 1.58 bits per heavy atom. The molecule has 9 heteroatoms. The number of nitrogens with zero attached hydrogens (tertiary/aromatic N) is 1. The van der Waals surface area contributed by atoms with Gasteiger partial charge in [0, 0.05) is 13.0 Å². The van der Waals surface area contributed by atoms with E-state index in [1.165, 1.54) is 103 Å². The second-order valence-electron chi connectivity index (χ2n) is 15.4. The molecular weight excluding hydrogens is 673 g/mol. The summed E-state index contributed by atoms with van der Waals surface area (Å²) < 4.78 is 34.8. The van der Waals surface area contributed by atoms with E-state index in [0.29, 0.717) is 24.1 Å². The molecule has 0 fully saturated rings. The largest absolute Gasteiger partial charge is 0.472 e. The first-order chi connectivity index (χ1) is 25.1. The zero-order chi connectivity index (χ0) is 38.4. The van der Waals surface area contributed by atoms with E-state index in [0.717, 1.165) is 51.4 Å². The highest BCUT2D eigenvalue weighted by atomic mass is 31.2. The lowest BCUT2D eigenvalue weighted by atomic mass is 10.1. The van der Waals surface area contributed by atoms with Crippen molar-refractivity contribution in [2.24, 2.45) is 0 Å². The Kier molecular flexibility index (Phi) is 35.8. The number of phosphoric acid groups is 1. The Morgan fingerprint density at radius 2 is 1.06 bits per heavy atom. The molecule has 0 spiro atoms. The van der Waals surface area contributed by atoms with E-state index in [1.54, 1.807) is 0 Å². The van der Waals surface area contributed by atoms with Gasteiger partial charge in [-0.15, -0.1) is 0 Å². The third kappa shape index (κ3) is 39.9. The maximum Gasteiger partial charge on any atom is 0.472 e. The lowest BCUT2D eigenvalue weighted by Gasteiger charge is -2.24. The molecule has 0 radical (unpaired) electrons. The van der Waals surface area contributed by atoms with Crippen LogP contribution in [0.15, 0.2) is 36.5 Å². The Balaban J connectivity index is 4.10. The van der Waals surface area contributed by atoms with Gasteiger partial charge in [0.15, 0.2) is 0 Å². The van der Waals surface area contributed by atoms with Crippen molar-refractivity contribution in [3.05, 3.63) is 36.5 Å². The summed E-state index contributed by atoms with van der Waals surface area (Å²) in [5.74, 6) is -0.323. The van der Waals surface area contributed by atoms with Crippen LogP contribution in [0.3, 0.4) is 0 Å². The summed E-state index contributed by atoms with van der Waals surface area (Å²) in [6.07, 6.45) is 41.9. The summed E-state index contributed by atoms with van der Waals surface area (Å²) in [6, 6.07) is 0. The van der Waals surface area contributed by atoms with Crippen LogP contribution in [-0.2, 0) is 27.9 Å². The predicted molar refractivity (Wildman–Crippen MR) is 220 cm³/mol. The van der Waals surface area contributed by atoms with Gasteiger partial charge >= 0.3 is 13.8 Å². The van der Waals surface area contributed by atoms with E-state index < -0.39 is 13.9 Å². The Morgan fingerprint density at radius 1 is 0.596 bits per heavy atom. The highest BCUT2D eigenvalue weighted by molar-refractivity contribution is 7.47. The molecule has 0 aromatic rings. The number of unbranched alkanes of at least 4 members (excludes halogenated alkanes) is 19. The number of carbonyl (C=O) groups is 1. The Hall–Kier alpha value is -1.28. The smallest absolute Gasteiger partial charge is 0.457 e. The van der Waals surface area contributed by atoms with Crippen LogP contribution in [0.4, 0.5) is 0 Å². The molecule has 0 amide bonds. The van der Waals surface area contributed by atoms with Crippen molar-refractivity contribution in [2.45, 2.75) is 180 Å². The fourth-order valence-corrected chi connectivity index (χ4v) is 6.36. The van der Waals surface area contributed by atoms with Gasteiger partial charge in [-0.25, -0.2) is 4.57 Å². The molecule has 0 aliphatic heterocycles. The van der Waals surface area contributed by atoms with Crippen molar-refractivity contribution in [1.82, 2.24) is 0 Å². The van der Waals surface area contributed by atoms with Crippen LogP contribution in [0.2, 0.25) is 0 Å². The van der Waals surface area contributed by atoms with Crippen molar-refractivity contribution >= 4 is 13.8 Å². The van der Waals surface area contributed by atoms with Crippen LogP contribution in [0.1, 0.15) is 174 Å². The minimum absolute atomic E-state index is 0.0871. The number of esters is 1. The maximum atomic E-state index is 12.6. The molecule has 2 atom stereocenters. The van der Waals surface area contributed by atoms with Gasteiger partial charge in [-0.3, -0.25) is 13.8 Å². The molecule has 0 rings (SSSR count). The van der Waals surface area contributed by atoms with Crippen molar-refractivity contribution in [2.75, 3.05) is 54.1 Å². The van der Waals surface area contributed by atoms with E-state index in [4.69, 9.17) is 18.5 Å². The molecule has 0 heterocycles. The summed E-state index contributed by atoms with van der Waals surface area (Å²) in [4.78, 5) is 22.8. The Bertz CT molecular complexity index is 931. The van der Waals surface area contributed by atoms with Crippen LogP contribution >= 0.6 is 7.82 Å². The first-order valence-electron chi connectivity index (χ1n) is 21.2. The van der Waals surface area contributed by atoms with Crippen LogP contribution in [0.5, 0.6) is 0 Å². The van der Waals surface area contributed by atoms with Crippen LogP contribution in [-0.4, -0.2) is 75.6 Å². The number of quaternary nitrogens is 1. The summed E-state index contributed by atoms with van der Waals surface area (Å²) in [7, 11) is 1.66. The number of phosphoric ester groups is 1. The molecule has 0 saturated carbocycles. The number of hydrogen-bond donors (Lipinski definition) is 1. The van der Waals surface area contributed by atoms with E-state index in [-0.39, 0.29) is 25.8 Å². The zero-order valence-electron chi connectivity index (χ0n) is 34.5. The molecular formula is C43H83NO7P+. The van der Waals surface area contributed by atoms with Crippen molar-refractivity contribution in [3.63, 3.8) is 0 Å². The van der Waals surface area contributed by atoms with Crippen LogP contribution < -0.4 is 0 Å². The second kappa shape index (κ2) is 36.7. The second-order valence-corrected chi connectivity index (χ2v) is 16.8. The monoisotopic (exact) mass is 757 g/mol. The molecule has 52 heavy (non-hydrogen) atoms. The molecule has 2 unspecified atom stereocenters. The highest BCUT2D eigenvalue weighted by Gasteiger charge is 2.26. The summed E-state index contributed by atoms with van der Waals surface area (Å²) in [5.41, 5.74) is 0. The number of likely N-dealkylation sites (N-methyl/N-ethyl adjacent to an activating group) is 1. The quantitative estimate of drug-likeness (QED) is 0.0219. The first-order valence-corrected chi connectivity index (χ1v) is 22.7. The van der Waals surface area contributed by atoms with Gasteiger partial charge in [0.25, 0.3) is 0 Å². The molecule has 0 aromatic heterocycles. The molecule has 0 aromatic carbocycles. The van der Waals surface area contributed by atoms with E-state index in [9.17, 15) is 14.3 Å². The average Bonchev–Trinajstić information content (AvgIpc) is 3.09. The number of hydrogen-bond acceptors (Lipinski definition) is 6. The molecule has 1 N–H and O–H groups in total. The van der Waals surface area contributed by atoms with E-state index >= 15 is 0 Å². The van der Waals surface area contributed by atoms with E-state index in [1.807, 2.05) is 21.1 Å². The fourth-order valence-electron chi connectivity index (χ4n) is 5.62. The number of ether oxygens (including phenoxy) is 2. The Labute approximate surface area is 321 Å². The zero-order valence-corrected chi connectivity index (χ0v) is 35.4. The van der Waals surface area contributed by atoms with Crippen molar-refractivity contribution < 1.29 is 37.3 Å². The highest BCUT2D eigenvalue weighted by Crippen LogP contribution is 2.43. The van der Waals surface area contributed by atoms with E-state index in [2.05, 4.69) is 50.3 Å². The molecule has 0 aliphatic carbocycles. The van der Waals surface area contributed by atoms with Gasteiger partial charge in [-0.05, 0) is 51.4 Å².